The zero-order valence-corrected chi connectivity index (χ0v) is 6.17. The molecule has 1 amide bonds. The van der Waals surface area contributed by atoms with E-state index in [2.05, 4.69) is 11.9 Å². The predicted molar refractivity (Wildman–Crippen MR) is 40.1 cm³/mol. The third-order valence-corrected chi connectivity index (χ3v) is 1.01. The molecule has 2 N–H and O–H groups in total. The monoisotopic (exact) mass is 157 g/mol. The van der Waals surface area contributed by atoms with Gasteiger partial charge in [0.15, 0.2) is 0 Å². The molecule has 0 saturated carbocycles. The Morgan fingerprint density at radius 2 is 2.18 bits per heavy atom. The molecule has 0 aromatic rings. The van der Waals surface area contributed by atoms with Crippen molar-refractivity contribution in [2.75, 3.05) is 6.54 Å². The van der Waals surface area contributed by atoms with E-state index in [9.17, 15) is 9.59 Å². The number of amides is 1. The summed E-state index contributed by atoms with van der Waals surface area (Å²) in [5, 5.41) is 10.4. The molecule has 4 nitrogen and oxygen atoms in total. The fraction of sp³-hybridized carbons (Fsp3) is 0.429. The van der Waals surface area contributed by atoms with Gasteiger partial charge in [0.25, 0.3) is 0 Å². The summed E-state index contributed by atoms with van der Waals surface area (Å²) in [6, 6.07) is 0. The average molecular weight is 157 g/mol. The van der Waals surface area contributed by atoms with Gasteiger partial charge in [0.1, 0.15) is 6.54 Å². The molecule has 0 aliphatic carbocycles. The predicted octanol–water partition coefficient (Wildman–Crippen LogP) is 0.153. The Bertz CT molecular complexity index is 165. The molecular weight excluding hydrogens is 146 g/mol. The van der Waals surface area contributed by atoms with E-state index in [1.165, 1.54) is 0 Å². The van der Waals surface area contributed by atoms with Gasteiger partial charge in [-0.1, -0.05) is 6.08 Å². The second kappa shape index (κ2) is 5.46. The van der Waals surface area contributed by atoms with Crippen LogP contribution in [0.2, 0.25) is 0 Å². The highest BCUT2D eigenvalue weighted by Gasteiger charge is 2.00. The summed E-state index contributed by atoms with van der Waals surface area (Å²) < 4.78 is 0. The van der Waals surface area contributed by atoms with Crippen molar-refractivity contribution >= 4 is 11.9 Å². The van der Waals surface area contributed by atoms with E-state index in [-0.39, 0.29) is 12.5 Å². The van der Waals surface area contributed by atoms with Crippen molar-refractivity contribution in [1.29, 1.82) is 0 Å². The number of hydrogen-bond donors (Lipinski definition) is 2. The molecule has 0 aliphatic heterocycles. The molecule has 0 bridgehead atoms. The van der Waals surface area contributed by atoms with Gasteiger partial charge in [0.2, 0.25) is 5.91 Å². The molecule has 62 valence electrons. The van der Waals surface area contributed by atoms with Gasteiger partial charge >= 0.3 is 5.97 Å². The summed E-state index contributed by atoms with van der Waals surface area (Å²) >= 11 is 0. The topological polar surface area (TPSA) is 66.4 Å². The van der Waals surface area contributed by atoms with Gasteiger partial charge in [-0.2, -0.15) is 0 Å². The number of carbonyl (C=O) groups is 2. The molecule has 0 radical (unpaired) electrons. The Hall–Kier alpha value is -1.32. The van der Waals surface area contributed by atoms with Crippen LogP contribution in [0.1, 0.15) is 12.8 Å². The summed E-state index contributed by atoms with van der Waals surface area (Å²) in [5.74, 6) is -1.29. The Morgan fingerprint density at radius 3 is 2.64 bits per heavy atom. The van der Waals surface area contributed by atoms with E-state index >= 15 is 0 Å². The van der Waals surface area contributed by atoms with E-state index in [0.717, 1.165) is 0 Å². The number of carboxylic acid groups (broad SMARTS) is 1. The summed E-state index contributed by atoms with van der Waals surface area (Å²) in [6.07, 6.45) is 2.49. The van der Waals surface area contributed by atoms with Gasteiger partial charge in [-0.15, -0.1) is 6.58 Å². The first-order valence-corrected chi connectivity index (χ1v) is 3.26. The normalized spacial score (nSPS) is 8.73. The van der Waals surface area contributed by atoms with Crippen LogP contribution >= 0.6 is 0 Å². The highest BCUT2D eigenvalue weighted by Crippen LogP contribution is 1.87. The third-order valence-electron chi connectivity index (χ3n) is 1.01. The number of hydrogen-bond acceptors (Lipinski definition) is 2. The second-order valence-electron chi connectivity index (χ2n) is 2.00. The molecule has 0 heterocycles. The molecule has 0 spiro atoms. The molecule has 0 aromatic heterocycles. The summed E-state index contributed by atoms with van der Waals surface area (Å²) in [7, 11) is 0. The van der Waals surface area contributed by atoms with Gasteiger partial charge in [-0.25, -0.2) is 0 Å². The summed E-state index contributed by atoms with van der Waals surface area (Å²) in [6.45, 7) is 3.12. The van der Waals surface area contributed by atoms with E-state index in [0.29, 0.717) is 12.8 Å². The fourth-order valence-electron chi connectivity index (χ4n) is 0.496. The van der Waals surface area contributed by atoms with Crippen LogP contribution in [0.15, 0.2) is 12.7 Å². The first kappa shape index (κ1) is 9.68. The number of carboxylic acids is 1. The lowest BCUT2D eigenvalue weighted by Gasteiger charge is -1.98. The van der Waals surface area contributed by atoms with Crippen molar-refractivity contribution in [3.63, 3.8) is 0 Å². The van der Waals surface area contributed by atoms with E-state index in [1.54, 1.807) is 6.08 Å². The van der Waals surface area contributed by atoms with Gasteiger partial charge < -0.3 is 10.4 Å². The Balaban J connectivity index is 3.37. The highest BCUT2D eigenvalue weighted by molar-refractivity contribution is 5.81. The van der Waals surface area contributed by atoms with Crippen molar-refractivity contribution in [1.82, 2.24) is 5.32 Å². The lowest BCUT2D eigenvalue weighted by Crippen LogP contribution is -2.28. The van der Waals surface area contributed by atoms with Crippen LogP contribution in [0, 0.1) is 0 Å². The molecule has 4 heteroatoms. The zero-order valence-electron chi connectivity index (χ0n) is 6.17. The van der Waals surface area contributed by atoms with Crippen LogP contribution in [0.3, 0.4) is 0 Å². The van der Waals surface area contributed by atoms with Gasteiger partial charge in [-0.05, 0) is 6.42 Å². The van der Waals surface area contributed by atoms with E-state index in [1.807, 2.05) is 0 Å². The molecule has 0 fully saturated rings. The van der Waals surface area contributed by atoms with Crippen LogP contribution in [0.25, 0.3) is 0 Å². The van der Waals surface area contributed by atoms with Crippen LogP contribution in [0.4, 0.5) is 0 Å². The SMILES string of the molecule is C=CCCC(=O)NCC(=O)O. The number of allylic oxidation sites excluding steroid dienone is 1. The molecule has 0 saturated heterocycles. The largest absolute Gasteiger partial charge is 0.480 e. The van der Waals surface area contributed by atoms with Crippen molar-refractivity contribution in [3.8, 4) is 0 Å². The smallest absolute Gasteiger partial charge is 0.322 e. The second-order valence-corrected chi connectivity index (χ2v) is 2.00. The number of nitrogens with one attached hydrogen (secondary N) is 1. The van der Waals surface area contributed by atoms with Gasteiger partial charge in [0, 0.05) is 6.42 Å². The minimum atomic E-state index is -1.03. The summed E-state index contributed by atoms with van der Waals surface area (Å²) in [5.41, 5.74) is 0. The van der Waals surface area contributed by atoms with E-state index < -0.39 is 5.97 Å². The standard InChI is InChI=1S/C7H11NO3/c1-2-3-4-6(9)8-5-7(10)11/h2H,1,3-5H2,(H,8,9)(H,10,11). The molecule has 0 aliphatic rings. The van der Waals surface area contributed by atoms with Crippen LogP contribution in [-0.2, 0) is 9.59 Å². The first-order valence-electron chi connectivity index (χ1n) is 3.26. The molecule has 0 unspecified atom stereocenters. The van der Waals surface area contributed by atoms with Crippen LogP contribution in [-0.4, -0.2) is 23.5 Å². The molecule has 0 atom stereocenters. The van der Waals surface area contributed by atoms with Crippen LogP contribution < -0.4 is 5.32 Å². The van der Waals surface area contributed by atoms with Gasteiger partial charge in [0.05, 0.1) is 0 Å². The Morgan fingerprint density at radius 1 is 1.55 bits per heavy atom. The minimum Gasteiger partial charge on any atom is -0.480 e. The summed E-state index contributed by atoms with van der Waals surface area (Å²) in [4.78, 5) is 20.6. The maximum absolute atomic E-state index is 10.7. The van der Waals surface area contributed by atoms with Crippen molar-refractivity contribution < 1.29 is 14.7 Å². The number of carbonyl (C=O) groups excluding carboxylic acids is 1. The van der Waals surface area contributed by atoms with Crippen molar-refractivity contribution in [2.45, 2.75) is 12.8 Å². The lowest BCUT2D eigenvalue weighted by molar-refractivity contribution is -0.137. The first-order chi connectivity index (χ1) is 5.16. The number of aliphatic carboxylic acids is 1. The Kier molecular flexibility index (Phi) is 4.81. The quantitative estimate of drug-likeness (QED) is 0.558. The van der Waals surface area contributed by atoms with Crippen molar-refractivity contribution in [3.05, 3.63) is 12.7 Å². The molecular formula is C7H11NO3. The fourth-order valence-corrected chi connectivity index (χ4v) is 0.496. The zero-order chi connectivity index (χ0) is 8.69. The number of rotatable bonds is 5. The maximum Gasteiger partial charge on any atom is 0.322 e. The lowest BCUT2D eigenvalue weighted by atomic mass is 10.3. The molecule has 0 rings (SSSR count). The van der Waals surface area contributed by atoms with Crippen molar-refractivity contribution in [2.24, 2.45) is 0 Å². The minimum absolute atomic E-state index is 0.257. The van der Waals surface area contributed by atoms with Gasteiger partial charge in [-0.3, -0.25) is 9.59 Å². The third kappa shape index (κ3) is 6.57. The van der Waals surface area contributed by atoms with E-state index in [4.69, 9.17) is 5.11 Å². The Labute approximate surface area is 64.9 Å². The maximum atomic E-state index is 10.7. The molecule has 0 aromatic carbocycles. The average Bonchev–Trinajstić information content (AvgIpc) is 1.97. The highest BCUT2D eigenvalue weighted by atomic mass is 16.4. The molecule has 11 heavy (non-hydrogen) atoms. The van der Waals surface area contributed by atoms with Crippen LogP contribution in [0.5, 0.6) is 0 Å².